The van der Waals surface area contributed by atoms with E-state index in [2.05, 4.69) is 27.4 Å². The molecule has 11 heteroatoms. The number of rotatable bonds is 12. The van der Waals surface area contributed by atoms with Crippen LogP contribution in [0.2, 0.25) is 5.02 Å². The molecule has 3 aromatic rings. The summed E-state index contributed by atoms with van der Waals surface area (Å²) >= 11 is 7.43. The lowest BCUT2D eigenvalue weighted by atomic mass is 10.0. The Morgan fingerprint density at radius 3 is 2.44 bits per heavy atom. The van der Waals surface area contributed by atoms with E-state index in [9.17, 15) is 14.4 Å². The molecule has 2 aromatic carbocycles. The highest BCUT2D eigenvalue weighted by atomic mass is 35.5. The summed E-state index contributed by atoms with van der Waals surface area (Å²) in [7, 11) is 0. The smallest absolute Gasteiger partial charge is 0.338 e. The molecule has 0 bridgehead atoms. The Morgan fingerprint density at radius 2 is 1.79 bits per heavy atom. The number of hydrogen-bond acceptors (Lipinski definition) is 7. The minimum atomic E-state index is -0.504. The predicted octanol–water partition coefficient (Wildman–Crippen LogP) is 5.54. The number of allylic oxidation sites excluding steroid dienone is 1. The number of halogens is 1. The highest BCUT2D eigenvalue weighted by Crippen LogP contribution is 2.27. The largest absolute Gasteiger partial charge is 0.459 e. The first-order chi connectivity index (χ1) is 18.6. The molecule has 1 atom stereocenters. The Morgan fingerprint density at radius 1 is 1.08 bits per heavy atom. The first-order valence-electron chi connectivity index (χ1n) is 12.4. The summed E-state index contributed by atoms with van der Waals surface area (Å²) in [5, 5.41) is 15.2. The van der Waals surface area contributed by atoms with Crippen LogP contribution in [-0.2, 0) is 16.1 Å². The van der Waals surface area contributed by atoms with Gasteiger partial charge in [0.25, 0.3) is 5.91 Å². The summed E-state index contributed by atoms with van der Waals surface area (Å²) in [6, 6.07) is 13.1. The second-order valence-electron chi connectivity index (χ2n) is 9.29. The minimum absolute atomic E-state index is 0.00892. The van der Waals surface area contributed by atoms with Gasteiger partial charge in [0.05, 0.1) is 34.2 Å². The lowest BCUT2D eigenvalue weighted by Gasteiger charge is -2.22. The molecule has 0 saturated heterocycles. The summed E-state index contributed by atoms with van der Waals surface area (Å²) in [6.45, 7) is 11.7. The summed E-state index contributed by atoms with van der Waals surface area (Å²) in [5.74, 6) is -0.471. The number of benzene rings is 2. The minimum Gasteiger partial charge on any atom is -0.459 e. The molecule has 0 aliphatic heterocycles. The second-order valence-corrected chi connectivity index (χ2v) is 10.6. The first kappa shape index (κ1) is 29.9. The molecule has 0 unspecified atom stereocenters. The molecule has 39 heavy (non-hydrogen) atoms. The van der Waals surface area contributed by atoms with Gasteiger partial charge in [-0.15, -0.1) is 16.8 Å². The van der Waals surface area contributed by atoms with Gasteiger partial charge in [0.2, 0.25) is 5.91 Å². The number of amides is 2. The Balaban J connectivity index is 1.73. The standard InChI is InChI=1S/C28H32ClN5O4S/c1-6-14-34-25(24(17(2)3)31-26(36)19-10-8-7-9-11-19)32-33-28(34)39-16-23(35)30-22-15-20(12-13-21(22)29)27(37)38-18(4)5/h6-13,15,17-18,24H,1,14,16H2,2-5H3,(H,30,35)(H,31,36)/t24-/m0/s1. The van der Waals surface area contributed by atoms with Gasteiger partial charge in [0, 0.05) is 12.1 Å². The lowest BCUT2D eigenvalue weighted by molar-refractivity contribution is -0.113. The molecule has 9 nitrogen and oxygen atoms in total. The van der Waals surface area contributed by atoms with Crippen molar-refractivity contribution in [3.05, 3.63) is 83.2 Å². The Labute approximate surface area is 237 Å². The average Bonchev–Trinajstić information content (AvgIpc) is 3.29. The van der Waals surface area contributed by atoms with Crippen LogP contribution in [0, 0.1) is 5.92 Å². The normalized spacial score (nSPS) is 11.8. The fourth-order valence-corrected chi connectivity index (χ4v) is 4.55. The third-order valence-corrected chi connectivity index (χ3v) is 6.77. The maximum atomic E-state index is 12.9. The molecule has 1 aromatic heterocycles. The second kappa shape index (κ2) is 14.0. The number of thioether (sulfide) groups is 1. The highest BCUT2D eigenvalue weighted by molar-refractivity contribution is 7.99. The van der Waals surface area contributed by atoms with Crippen molar-refractivity contribution in [1.82, 2.24) is 20.1 Å². The molecule has 3 rings (SSSR count). The summed E-state index contributed by atoms with van der Waals surface area (Å²) < 4.78 is 7.04. The number of carbonyl (C=O) groups excluding carboxylic acids is 3. The van der Waals surface area contributed by atoms with Crippen molar-refractivity contribution < 1.29 is 19.1 Å². The van der Waals surface area contributed by atoms with E-state index in [1.54, 1.807) is 50.3 Å². The van der Waals surface area contributed by atoms with Crippen LogP contribution >= 0.6 is 23.4 Å². The molecule has 0 fully saturated rings. The molecular weight excluding hydrogens is 538 g/mol. The molecule has 2 N–H and O–H groups in total. The van der Waals surface area contributed by atoms with Crippen molar-refractivity contribution in [3.8, 4) is 0 Å². The van der Waals surface area contributed by atoms with Crippen molar-refractivity contribution in [3.63, 3.8) is 0 Å². The predicted molar refractivity (Wildman–Crippen MR) is 153 cm³/mol. The average molecular weight is 570 g/mol. The van der Waals surface area contributed by atoms with Gasteiger partial charge in [-0.1, -0.05) is 61.5 Å². The highest BCUT2D eigenvalue weighted by Gasteiger charge is 2.26. The maximum Gasteiger partial charge on any atom is 0.338 e. The van der Waals surface area contributed by atoms with Gasteiger partial charge in [-0.25, -0.2) is 4.79 Å². The molecular formula is C28H32ClN5O4S. The van der Waals surface area contributed by atoms with E-state index in [0.717, 1.165) is 0 Å². The monoisotopic (exact) mass is 569 g/mol. The molecule has 0 aliphatic rings. The van der Waals surface area contributed by atoms with E-state index in [4.69, 9.17) is 16.3 Å². The first-order valence-corrected chi connectivity index (χ1v) is 13.8. The fourth-order valence-electron chi connectivity index (χ4n) is 3.63. The van der Waals surface area contributed by atoms with Gasteiger partial charge in [0.15, 0.2) is 11.0 Å². The van der Waals surface area contributed by atoms with Crippen LogP contribution in [0.15, 0.2) is 66.3 Å². The van der Waals surface area contributed by atoms with Crippen LogP contribution in [0.1, 0.15) is 60.3 Å². The van der Waals surface area contributed by atoms with Gasteiger partial charge >= 0.3 is 5.97 Å². The summed E-state index contributed by atoms with van der Waals surface area (Å²) in [4.78, 5) is 37.9. The Hall–Kier alpha value is -3.63. The number of anilines is 1. The van der Waals surface area contributed by atoms with Crippen molar-refractivity contribution in [2.75, 3.05) is 11.1 Å². The quantitative estimate of drug-likeness (QED) is 0.167. The number of ether oxygens (including phenoxy) is 1. The van der Waals surface area contributed by atoms with Crippen molar-refractivity contribution in [2.24, 2.45) is 5.92 Å². The molecule has 2 amide bonds. The van der Waals surface area contributed by atoms with E-state index >= 15 is 0 Å². The van der Waals surface area contributed by atoms with Crippen molar-refractivity contribution in [2.45, 2.75) is 51.5 Å². The van der Waals surface area contributed by atoms with Crippen molar-refractivity contribution >= 4 is 46.8 Å². The van der Waals surface area contributed by atoms with Gasteiger partial charge in [-0.2, -0.15) is 0 Å². The van der Waals surface area contributed by atoms with Gasteiger partial charge in [-0.3, -0.25) is 9.59 Å². The fraction of sp³-hybridized carbons (Fsp3) is 0.321. The van der Waals surface area contributed by atoms with Crippen LogP contribution in [0.4, 0.5) is 5.69 Å². The summed E-state index contributed by atoms with van der Waals surface area (Å²) in [6.07, 6.45) is 1.43. The van der Waals surface area contributed by atoms with Gasteiger partial charge in [0.1, 0.15) is 0 Å². The SMILES string of the molecule is C=CCn1c(SCC(=O)Nc2cc(C(=O)OC(C)C)ccc2Cl)nnc1[C@@H](NC(=O)c1ccccc1)C(C)C. The van der Waals surface area contributed by atoms with Crippen LogP contribution in [-0.4, -0.2) is 44.4 Å². The zero-order valence-electron chi connectivity index (χ0n) is 22.3. The molecule has 206 valence electrons. The summed E-state index contributed by atoms with van der Waals surface area (Å²) in [5.41, 5.74) is 1.13. The van der Waals surface area contributed by atoms with E-state index in [0.29, 0.717) is 33.8 Å². The third-order valence-electron chi connectivity index (χ3n) is 5.48. The molecule has 0 spiro atoms. The molecule has 0 radical (unpaired) electrons. The van der Waals surface area contributed by atoms with Crippen LogP contribution < -0.4 is 10.6 Å². The molecule has 0 aliphatic carbocycles. The van der Waals surface area contributed by atoms with Crippen LogP contribution in [0.3, 0.4) is 0 Å². The van der Waals surface area contributed by atoms with Gasteiger partial charge < -0.3 is 19.9 Å². The molecule has 0 saturated carbocycles. The number of hydrogen-bond donors (Lipinski definition) is 2. The Bertz CT molecular complexity index is 1330. The third kappa shape index (κ3) is 8.18. The number of nitrogens with one attached hydrogen (secondary N) is 2. The topological polar surface area (TPSA) is 115 Å². The zero-order chi connectivity index (χ0) is 28.5. The number of carbonyl (C=O) groups is 3. The van der Waals surface area contributed by atoms with Crippen LogP contribution in [0.25, 0.3) is 0 Å². The zero-order valence-corrected chi connectivity index (χ0v) is 23.9. The van der Waals surface area contributed by atoms with Gasteiger partial charge in [-0.05, 0) is 50.1 Å². The van der Waals surface area contributed by atoms with E-state index in [-0.39, 0.29) is 35.2 Å². The Kier molecular flexibility index (Phi) is 10.7. The lowest BCUT2D eigenvalue weighted by Crippen LogP contribution is -2.33. The number of aromatic nitrogens is 3. The van der Waals surface area contributed by atoms with Crippen LogP contribution in [0.5, 0.6) is 0 Å². The van der Waals surface area contributed by atoms with E-state index in [1.165, 1.54) is 23.9 Å². The maximum absolute atomic E-state index is 12.9. The van der Waals surface area contributed by atoms with Crippen molar-refractivity contribution in [1.29, 1.82) is 0 Å². The number of esters is 1. The molecule has 1 heterocycles. The number of nitrogens with zero attached hydrogens (tertiary/aromatic N) is 3. The van der Waals surface area contributed by atoms with E-state index in [1.807, 2.05) is 24.5 Å². The van der Waals surface area contributed by atoms with E-state index < -0.39 is 12.0 Å².